The number of carbonyl (C=O) groups excluding carboxylic acids is 1. The van der Waals surface area contributed by atoms with Gasteiger partial charge in [-0.2, -0.15) is 0 Å². The third-order valence-electron chi connectivity index (χ3n) is 2.88. The highest BCUT2D eigenvalue weighted by molar-refractivity contribution is 5.71. The molecule has 1 fully saturated rings. The highest BCUT2D eigenvalue weighted by Gasteiger charge is 2.30. The van der Waals surface area contributed by atoms with E-state index < -0.39 is 5.60 Å². The molecule has 0 spiro atoms. The topological polar surface area (TPSA) is 67.6 Å². The number of carbonyl (C=O) groups is 1. The second-order valence-corrected chi connectivity index (χ2v) is 5.81. The van der Waals surface area contributed by atoms with E-state index >= 15 is 0 Å². The monoisotopic (exact) mass is 263 g/mol. The highest BCUT2D eigenvalue weighted by Crippen LogP contribution is 2.26. The molecule has 1 saturated heterocycles. The lowest BCUT2D eigenvalue weighted by Gasteiger charge is -2.41. The van der Waals surface area contributed by atoms with Gasteiger partial charge in [0.25, 0.3) is 0 Å². The van der Waals surface area contributed by atoms with Gasteiger partial charge in [0.15, 0.2) is 0 Å². The van der Waals surface area contributed by atoms with E-state index in [-0.39, 0.29) is 12.1 Å². The van der Waals surface area contributed by atoms with Gasteiger partial charge in [-0.25, -0.2) is 4.79 Å². The summed E-state index contributed by atoms with van der Waals surface area (Å²) in [6, 6.07) is 7.85. The molecule has 1 aliphatic heterocycles. The average Bonchev–Trinajstić information content (AvgIpc) is 2.22. The number of hydrogen-bond donors (Lipinski definition) is 2. The molecule has 0 bridgehead atoms. The Kier molecular flexibility index (Phi) is 3.55. The van der Waals surface area contributed by atoms with Crippen LogP contribution < -0.4 is 16.0 Å². The van der Waals surface area contributed by atoms with Crippen molar-refractivity contribution in [2.45, 2.75) is 32.4 Å². The minimum Gasteiger partial charge on any atom is -0.444 e. The molecule has 3 N–H and O–H groups in total. The van der Waals surface area contributed by atoms with Crippen molar-refractivity contribution >= 4 is 17.5 Å². The number of para-hydroxylation sites is 2. The Morgan fingerprint density at radius 2 is 2.00 bits per heavy atom. The fraction of sp³-hybridized carbons (Fsp3) is 0.500. The molecule has 1 heterocycles. The Balaban J connectivity index is 1.81. The molecular formula is C14H21N3O2. The Morgan fingerprint density at radius 3 is 2.58 bits per heavy atom. The molecule has 1 aromatic rings. The summed E-state index contributed by atoms with van der Waals surface area (Å²) in [5.74, 6) is 0. The zero-order valence-electron chi connectivity index (χ0n) is 11.6. The molecule has 104 valence electrons. The molecule has 0 aromatic heterocycles. The fourth-order valence-corrected chi connectivity index (χ4v) is 2.02. The van der Waals surface area contributed by atoms with Crippen LogP contribution in [-0.4, -0.2) is 30.8 Å². The summed E-state index contributed by atoms with van der Waals surface area (Å²) >= 11 is 0. The predicted octanol–water partition coefficient (Wildman–Crippen LogP) is 1.98. The molecule has 1 amide bonds. The molecule has 1 aliphatic rings. The zero-order chi connectivity index (χ0) is 14.0. The summed E-state index contributed by atoms with van der Waals surface area (Å²) in [6.07, 6.45) is -0.363. The van der Waals surface area contributed by atoms with Crippen molar-refractivity contribution in [3.05, 3.63) is 24.3 Å². The maximum atomic E-state index is 11.6. The van der Waals surface area contributed by atoms with Gasteiger partial charge in [-0.1, -0.05) is 12.1 Å². The van der Waals surface area contributed by atoms with E-state index in [0.29, 0.717) is 0 Å². The van der Waals surface area contributed by atoms with Crippen molar-refractivity contribution < 1.29 is 9.53 Å². The smallest absolute Gasteiger partial charge is 0.407 e. The first-order chi connectivity index (χ1) is 8.85. The van der Waals surface area contributed by atoms with E-state index in [2.05, 4.69) is 10.2 Å². The Morgan fingerprint density at radius 1 is 1.37 bits per heavy atom. The van der Waals surface area contributed by atoms with E-state index in [4.69, 9.17) is 10.5 Å². The summed E-state index contributed by atoms with van der Waals surface area (Å²) < 4.78 is 5.22. The van der Waals surface area contributed by atoms with Gasteiger partial charge in [0.1, 0.15) is 5.60 Å². The number of alkyl carbamates (subject to hydrolysis) is 1. The number of nitrogens with zero attached hydrogens (tertiary/aromatic N) is 1. The number of anilines is 2. The molecule has 5 nitrogen and oxygen atoms in total. The van der Waals surface area contributed by atoms with Crippen molar-refractivity contribution in [2.75, 3.05) is 23.7 Å². The molecular weight excluding hydrogens is 242 g/mol. The summed E-state index contributed by atoms with van der Waals surface area (Å²) in [4.78, 5) is 13.7. The summed E-state index contributed by atoms with van der Waals surface area (Å²) in [7, 11) is 0. The number of amides is 1. The maximum absolute atomic E-state index is 11.6. The van der Waals surface area contributed by atoms with Crippen LogP contribution in [0.3, 0.4) is 0 Å². The van der Waals surface area contributed by atoms with Crippen LogP contribution in [0.1, 0.15) is 20.8 Å². The minimum atomic E-state index is -0.461. The number of ether oxygens (including phenoxy) is 1. The second kappa shape index (κ2) is 4.99. The van der Waals surface area contributed by atoms with E-state index in [0.717, 1.165) is 24.5 Å². The third-order valence-corrected chi connectivity index (χ3v) is 2.88. The second-order valence-electron chi connectivity index (χ2n) is 5.81. The number of nitrogens with one attached hydrogen (secondary N) is 1. The Hall–Kier alpha value is -1.91. The van der Waals surface area contributed by atoms with Crippen LogP contribution >= 0.6 is 0 Å². The van der Waals surface area contributed by atoms with Gasteiger partial charge in [-0.15, -0.1) is 0 Å². The number of nitrogen functional groups attached to an aromatic ring is 1. The summed E-state index contributed by atoms with van der Waals surface area (Å²) in [5, 5.41) is 2.85. The number of hydrogen-bond acceptors (Lipinski definition) is 4. The lowest BCUT2D eigenvalue weighted by Crippen LogP contribution is -2.60. The quantitative estimate of drug-likeness (QED) is 0.801. The first kappa shape index (κ1) is 13.5. The molecule has 5 heteroatoms. The van der Waals surface area contributed by atoms with Gasteiger partial charge in [-0.05, 0) is 32.9 Å². The van der Waals surface area contributed by atoms with E-state index in [1.807, 2.05) is 45.0 Å². The van der Waals surface area contributed by atoms with Gasteiger partial charge in [0, 0.05) is 13.1 Å². The first-order valence-electron chi connectivity index (χ1n) is 6.44. The number of nitrogens with two attached hydrogens (primary N) is 1. The summed E-state index contributed by atoms with van der Waals surface area (Å²) in [5.41, 5.74) is 7.23. The molecule has 0 atom stereocenters. The SMILES string of the molecule is CC(C)(C)OC(=O)NC1CN(c2ccccc2N)C1. The van der Waals surface area contributed by atoms with E-state index in [9.17, 15) is 4.79 Å². The first-order valence-corrected chi connectivity index (χ1v) is 6.44. The van der Waals surface area contributed by atoms with Crippen LogP contribution in [-0.2, 0) is 4.74 Å². The van der Waals surface area contributed by atoms with E-state index in [1.54, 1.807) is 0 Å². The number of rotatable bonds is 2. The van der Waals surface area contributed by atoms with Crippen LogP contribution in [0.5, 0.6) is 0 Å². The molecule has 0 aliphatic carbocycles. The Labute approximate surface area is 113 Å². The van der Waals surface area contributed by atoms with Crippen molar-refractivity contribution in [2.24, 2.45) is 0 Å². The van der Waals surface area contributed by atoms with Crippen LogP contribution in [0, 0.1) is 0 Å². The lowest BCUT2D eigenvalue weighted by molar-refractivity contribution is 0.0496. The molecule has 19 heavy (non-hydrogen) atoms. The Bertz CT molecular complexity index is 462. The normalized spacial score (nSPS) is 15.8. The van der Waals surface area contributed by atoms with Crippen molar-refractivity contribution in [3.63, 3.8) is 0 Å². The van der Waals surface area contributed by atoms with E-state index in [1.165, 1.54) is 0 Å². The lowest BCUT2D eigenvalue weighted by atomic mass is 10.1. The number of benzene rings is 1. The van der Waals surface area contributed by atoms with Crippen LogP contribution in [0.15, 0.2) is 24.3 Å². The third kappa shape index (κ3) is 3.53. The van der Waals surface area contributed by atoms with Crippen LogP contribution in [0.25, 0.3) is 0 Å². The van der Waals surface area contributed by atoms with Crippen molar-refractivity contribution in [1.29, 1.82) is 0 Å². The standard InChI is InChI=1S/C14H21N3O2/c1-14(2,3)19-13(18)16-10-8-17(9-10)12-7-5-4-6-11(12)15/h4-7,10H,8-9,15H2,1-3H3,(H,16,18). The maximum Gasteiger partial charge on any atom is 0.407 e. The van der Waals surface area contributed by atoms with Gasteiger partial charge in [-0.3, -0.25) is 0 Å². The predicted molar refractivity (Wildman–Crippen MR) is 76.2 cm³/mol. The van der Waals surface area contributed by atoms with Crippen molar-refractivity contribution in [1.82, 2.24) is 5.32 Å². The van der Waals surface area contributed by atoms with Gasteiger partial charge >= 0.3 is 6.09 Å². The van der Waals surface area contributed by atoms with Crippen molar-refractivity contribution in [3.8, 4) is 0 Å². The molecule has 0 unspecified atom stereocenters. The molecule has 2 rings (SSSR count). The minimum absolute atomic E-state index is 0.120. The highest BCUT2D eigenvalue weighted by atomic mass is 16.6. The zero-order valence-corrected chi connectivity index (χ0v) is 11.6. The summed E-state index contributed by atoms with van der Waals surface area (Å²) in [6.45, 7) is 7.07. The van der Waals surface area contributed by atoms with Gasteiger partial charge in [0.05, 0.1) is 17.4 Å². The van der Waals surface area contributed by atoms with Crippen LogP contribution in [0.2, 0.25) is 0 Å². The van der Waals surface area contributed by atoms with Crippen LogP contribution in [0.4, 0.5) is 16.2 Å². The van der Waals surface area contributed by atoms with Gasteiger partial charge in [0.2, 0.25) is 0 Å². The molecule has 0 saturated carbocycles. The van der Waals surface area contributed by atoms with Gasteiger partial charge < -0.3 is 20.7 Å². The molecule has 0 radical (unpaired) electrons. The largest absolute Gasteiger partial charge is 0.444 e. The average molecular weight is 263 g/mol. The molecule has 1 aromatic carbocycles. The fourth-order valence-electron chi connectivity index (χ4n) is 2.02.